The van der Waals surface area contributed by atoms with Crippen LogP contribution < -0.4 is 4.90 Å². The van der Waals surface area contributed by atoms with E-state index in [4.69, 9.17) is 23.2 Å². The lowest BCUT2D eigenvalue weighted by Gasteiger charge is -2.28. The third kappa shape index (κ3) is 3.49. The van der Waals surface area contributed by atoms with Gasteiger partial charge in [-0.2, -0.15) is 0 Å². The van der Waals surface area contributed by atoms with Gasteiger partial charge in [0.15, 0.2) is 10.3 Å². The van der Waals surface area contributed by atoms with Crippen LogP contribution in [0, 0.1) is 5.92 Å². The van der Waals surface area contributed by atoms with E-state index >= 15 is 0 Å². The van der Waals surface area contributed by atoms with Crippen molar-refractivity contribution in [2.75, 3.05) is 11.9 Å². The zero-order valence-corrected chi connectivity index (χ0v) is 11.5. The topological polar surface area (TPSA) is 29.0 Å². The molecule has 1 unspecified atom stereocenters. The van der Waals surface area contributed by atoms with Crippen molar-refractivity contribution in [3.05, 3.63) is 16.4 Å². The smallest absolute Gasteiger partial charge is 0.175 e. The second-order valence-electron chi connectivity index (χ2n) is 4.43. The van der Waals surface area contributed by atoms with Crippen LogP contribution in [0.25, 0.3) is 0 Å². The molecular formula is C11H17Cl2N3. The fraction of sp³-hybridized carbons (Fsp3) is 0.636. The minimum atomic E-state index is 0.364. The zero-order valence-electron chi connectivity index (χ0n) is 10.0. The first-order valence-corrected chi connectivity index (χ1v) is 6.09. The molecule has 0 spiro atoms. The predicted octanol–water partition coefficient (Wildman–Crippen LogP) is 3.65. The van der Waals surface area contributed by atoms with Crippen LogP contribution in [-0.4, -0.2) is 23.3 Å². The van der Waals surface area contributed by atoms with Gasteiger partial charge in [-0.25, -0.2) is 0 Å². The van der Waals surface area contributed by atoms with Gasteiger partial charge in [-0.15, -0.1) is 10.2 Å². The molecule has 0 aliphatic carbocycles. The first-order chi connectivity index (χ1) is 7.41. The summed E-state index contributed by atoms with van der Waals surface area (Å²) >= 11 is 11.8. The zero-order chi connectivity index (χ0) is 12.3. The average Bonchev–Trinajstić information content (AvgIpc) is 2.19. The summed E-state index contributed by atoms with van der Waals surface area (Å²) < 4.78 is 0. The van der Waals surface area contributed by atoms with Crippen LogP contribution in [0.3, 0.4) is 0 Å². The normalized spacial score (nSPS) is 12.9. The van der Waals surface area contributed by atoms with Crippen molar-refractivity contribution in [2.24, 2.45) is 5.92 Å². The highest BCUT2D eigenvalue weighted by Crippen LogP contribution is 2.27. The van der Waals surface area contributed by atoms with Crippen molar-refractivity contribution in [3.8, 4) is 0 Å². The summed E-state index contributed by atoms with van der Waals surface area (Å²) in [5, 5.41) is 8.26. The summed E-state index contributed by atoms with van der Waals surface area (Å²) in [5.41, 5.74) is 0.829. The molecule has 0 aliphatic rings. The molecule has 0 aliphatic heterocycles. The number of hydrogen-bond acceptors (Lipinski definition) is 3. The SMILES string of the molecule is CC(C)CC(C)N(C)c1cc(Cl)nnc1Cl. The summed E-state index contributed by atoms with van der Waals surface area (Å²) in [6, 6.07) is 2.13. The third-order valence-corrected chi connectivity index (χ3v) is 3.01. The molecule has 0 radical (unpaired) electrons. The average molecular weight is 262 g/mol. The lowest BCUT2D eigenvalue weighted by Crippen LogP contribution is -2.30. The highest BCUT2D eigenvalue weighted by Gasteiger charge is 2.15. The summed E-state index contributed by atoms with van der Waals surface area (Å²) in [7, 11) is 1.99. The largest absolute Gasteiger partial charge is 0.369 e. The lowest BCUT2D eigenvalue weighted by atomic mass is 10.0. The van der Waals surface area contributed by atoms with Crippen molar-refractivity contribution >= 4 is 28.9 Å². The molecule has 5 heteroatoms. The number of hydrogen-bond donors (Lipinski definition) is 0. The molecule has 3 nitrogen and oxygen atoms in total. The number of anilines is 1. The molecule has 0 saturated heterocycles. The van der Waals surface area contributed by atoms with Crippen molar-refractivity contribution in [3.63, 3.8) is 0 Å². The fourth-order valence-electron chi connectivity index (χ4n) is 1.67. The molecule has 90 valence electrons. The second kappa shape index (κ2) is 5.69. The maximum absolute atomic E-state index is 6.00. The van der Waals surface area contributed by atoms with E-state index in [0.717, 1.165) is 12.1 Å². The standard InChI is InChI=1S/C11H17Cl2N3/c1-7(2)5-8(3)16(4)9-6-10(12)14-15-11(9)13/h6-8H,5H2,1-4H3. The van der Waals surface area contributed by atoms with Gasteiger partial charge in [-0.1, -0.05) is 37.0 Å². The summed E-state index contributed by atoms with van der Waals surface area (Å²) in [5.74, 6) is 0.640. The van der Waals surface area contributed by atoms with E-state index in [1.807, 2.05) is 7.05 Å². The Morgan fingerprint density at radius 3 is 2.44 bits per heavy atom. The van der Waals surface area contributed by atoms with Gasteiger partial charge >= 0.3 is 0 Å². The van der Waals surface area contributed by atoms with Gasteiger partial charge in [0.25, 0.3) is 0 Å². The fourth-order valence-corrected chi connectivity index (χ4v) is 2.04. The number of aromatic nitrogens is 2. The number of nitrogens with zero attached hydrogens (tertiary/aromatic N) is 3. The second-order valence-corrected chi connectivity index (χ2v) is 5.18. The monoisotopic (exact) mass is 261 g/mol. The quantitative estimate of drug-likeness (QED) is 0.829. The summed E-state index contributed by atoms with van der Waals surface area (Å²) in [6.07, 6.45) is 1.09. The number of halogens is 2. The Hall–Kier alpha value is -0.540. The van der Waals surface area contributed by atoms with E-state index < -0.39 is 0 Å². The molecule has 0 aromatic carbocycles. The minimum Gasteiger partial charge on any atom is -0.369 e. The van der Waals surface area contributed by atoms with Gasteiger partial charge in [0, 0.05) is 19.2 Å². The Labute approximate surface area is 107 Å². The molecule has 1 aromatic rings. The molecule has 0 amide bonds. The summed E-state index contributed by atoms with van der Waals surface area (Å²) in [4.78, 5) is 2.09. The van der Waals surface area contributed by atoms with Crippen molar-refractivity contribution in [2.45, 2.75) is 33.2 Å². The first kappa shape index (κ1) is 13.5. The van der Waals surface area contributed by atoms with Gasteiger partial charge in [0.1, 0.15) is 0 Å². The molecule has 1 heterocycles. The van der Waals surface area contributed by atoms with E-state index in [0.29, 0.717) is 22.3 Å². The molecule has 0 bridgehead atoms. The lowest BCUT2D eigenvalue weighted by molar-refractivity contribution is 0.504. The molecule has 0 fully saturated rings. The van der Waals surface area contributed by atoms with Crippen molar-refractivity contribution in [1.29, 1.82) is 0 Å². The van der Waals surface area contributed by atoms with E-state index in [-0.39, 0.29) is 0 Å². The molecule has 16 heavy (non-hydrogen) atoms. The molecule has 1 rings (SSSR count). The van der Waals surface area contributed by atoms with Gasteiger partial charge in [-0.3, -0.25) is 0 Å². The van der Waals surface area contributed by atoms with E-state index in [9.17, 15) is 0 Å². The molecule has 0 saturated carbocycles. The highest BCUT2D eigenvalue weighted by molar-refractivity contribution is 6.33. The Morgan fingerprint density at radius 1 is 1.25 bits per heavy atom. The maximum Gasteiger partial charge on any atom is 0.175 e. The van der Waals surface area contributed by atoms with Crippen LogP contribution >= 0.6 is 23.2 Å². The van der Waals surface area contributed by atoms with Crippen LogP contribution in [0.4, 0.5) is 5.69 Å². The van der Waals surface area contributed by atoms with Crippen LogP contribution in [0.1, 0.15) is 27.2 Å². The third-order valence-electron chi connectivity index (χ3n) is 2.55. The Balaban J connectivity index is 2.86. The van der Waals surface area contributed by atoms with Gasteiger partial charge < -0.3 is 4.90 Å². The van der Waals surface area contributed by atoms with Crippen LogP contribution in [0.5, 0.6) is 0 Å². The van der Waals surface area contributed by atoms with Crippen molar-refractivity contribution < 1.29 is 0 Å². The molecule has 1 atom stereocenters. The molecular weight excluding hydrogens is 245 g/mol. The molecule has 1 aromatic heterocycles. The van der Waals surface area contributed by atoms with Gasteiger partial charge in [-0.05, 0) is 19.3 Å². The minimum absolute atomic E-state index is 0.364. The Morgan fingerprint density at radius 2 is 1.88 bits per heavy atom. The van der Waals surface area contributed by atoms with Crippen LogP contribution in [0.15, 0.2) is 6.07 Å². The Kier molecular flexibility index (Phi) is 4.81. The first-order valence-electron chi connectivity index (χ1n) is 5.33. The Bertz CT molecular complexity index is 355. The van der Waals surface area contributed by atoms with Crippen LogP contribution in [0.2, 0.25) is 10.3 Å². The summed E-state index contributed by atoms with van der Waals surface area (Å²) in [6.45, 7) is 6.55. The molecule has 0 N–H and O–H groups in total. The van der Waals surface area contributed by atoms with Gasteiger partial charge in [0.2, 0.25) is 0 Å². The maximum atomic E-state index is 6.00. The predicted molar refractivity (Wildman–Crippen MR) is 69.4 cm³/mol. The number of rotatable bonds is 4. The highest BCUT2D eigenvalue weighted by atomic mass is 35.5. The van der Waals surface area contributed by atoms with Crippen LogP contribution in [-0.2, 0) is 0 Å². The van der Waals surface area contributed by atoms with Gasteiger partial charge in [0.05, 0.1) is 5.69 Å². The van der Waals surface area contributed by atoms with Crippen molar-refractivity contribution in [1.82, 2.24) is 10.2 Å². The van der Waals surface area contributed by atoms with E-state index in [1.165, 1.54) is 0 Å². The van der Waals surface area contributed by atoms with E-state index in [2.05, 4.69) is 35.9 Å². The van der Waals surface area contributed by atoms with E-state index in [1.54, 1.807) is 6.07 Å².